The van der Waals surface area contributed by atoms with Crippen LogP contribution < -0.4 is 0 Å². The summed E-state index contributed by atoms with van der Waals surface area (Å²) < 4.78 is 12.6. The van der Waals surface area contributed by atoms with Crippen molar-refractivity contribution in [3.8, 4) is 28.5 Å². The molecule has 0 N–H and O–H groups in total. The first-order chi connectivity index (χ1) is 22.9. The van der Waals surface area contributed by atoms with Gasteiger partial charge >= 0.3 is 6.03 Å². The van der Waals surface area contributed by atoms with Crippen LogP contribution >= 0.6 is 0 Å². The third-order valence-electron chi connectivity index (χ3n) is 8.45. The van der Waals surface area contributed by atoms with Crippen molar-refractivity contribution in [2.75, 3.05) is 0 Å². The van der Waals surface area contributed by atoms with Crippen molar-refractivity contribution in [3.63, 3.8) is 0 Å². The fraction of sp³-hybridized carbons (Fsp3) is 0.242. The number of amides is 3. The molecule has 14 nitrogen and oxygen atoms in total. The second-order valence-electron chi connectivity index (χ2n) is 11.3. The van der Waals surface area contributed by atoms with Crippen LogP contribution in [0.3, 0.4) is 0 Å². The number of aromatic nitrogens is 8. The summed E-state index contributed by atoms with van der Waals surface area (Å²) in [6.45, 7) is 5.48. The molecular formula is C33H30N10O4. The van der Waals surface area contributed by atoms with Crippen molar-refractivity contribution in [1.29, 1.82) is 0 Å². The van der Waals surface area contributed by atoms with E-state index in [-0.39, 0.29) is 24.9 Å². The zero-order chi connectivity index (χ0) is 32.5. The van der Waals surface area contributed by atoms with Crippen molar-refractivity contribution in [2.24, 2.45) is 0 Å². The minimum atomic E-state index is -1.47. The predicted molar refractivity (Wildman–Crippen MR) is 166 cm³/mol. The average molecular weight is 631 g/mol. The lowest BCUT2D eigenvalue weighted by molar-refractivity contribution is -0.133. The van der Waals surface area contributed by atoms with Crippen LogP contribution in [0.5, 0.6) is 0 Å². The number of imide groups is 1. The fourth-order valence-corrected chi connectivity index (χ4v) is 5.60. The molecule has 47 heavy (non-hydrogen) atoms. The highest BCUT2D eigenvalue weighted by Gasteiger charge is 2.56. The number of tetrazole rings is 1. The van der Waals surface area contributed by atoms with Gasteiger partial charge in [-0.2, -0.15) is 9.97 Å². The summed E-state index contributed by atoms with van der Waals surface area (Å²) >= 11 is 0. The number of urea groups is 1. The Balaban J connectivity index is 1.22. The average Bonchev–Trinajstić information content (AvgIpc) is 3.94. The van der Waals surface area contributed by atoms with E-state index in [0.717, 1.165) is 28.9 Å². The number of nitrogens with zero attached hydrogens (tertiary/aromatic N) is 10. The van der Waals surface area contributed by atoms with Crippen LogP contribution in [0.4, 0.5) is 4.79 Å². The summed E-state index contributed by atoms with van der Waals surface area (Å²) in [5.41, 5.74) is 3.56. The molecule has 3 aromatic heterocycles. The van der Waals surface area contributed by atoms with Gasteiger partial charge in [-0.15, -0.1) is 5.10 Å². The number of carbonyl (C=O) groups excluding carboxylic acids is 2. The third-order valence-corrected chi connectivity index (χ3v) is 8.45. The summed E-state index contributed by atoms with van der Waals surface area (Å²) in [5, 5.41) is 19.6. The van der Waals surface area contributed by atoms with Crippen molar-refractivity contribution in [1.82, 2.24) is 50.3 Å². The molecule has 0 radical (unpaired) electrons. The topological polar surface area (TPSA) is 162 Å². The van der Waals surface area contributed by atoms with Crippen LogP contribution in [0.2, 0.25) is 0 Å². The number of hydrogen-bond donors (Lipinski definition) is 0. The Morgan fingerprint density at radius 2 is 1.36 bits per heavy atom. The van der Waals surface area contributed by atoms with E-state index in [1.54, 1.807) is 31.2 Å². The number of aryl methyl sites for hydroxylation is 2. The van der Waals surface area contributed by atoms with E-state index in [1.807, 2.05) is 48.5 Å². The second kappa shape index (κ2) is 12.0. The molecule has 1 saturated heterocycles. The van der Waals surface area contributed by atoms with Crippen molar-refractivity contribution in [3.05, 3.63) is 108 Å². The Hall–Kier alpha value is -6.05. The number of benzene rings is 3. The zero-order valence-corrected chi connectivity index (χ0v) is 25.9. The van der Waals surface area contributed by atoms with Gasteiger partial charge in [0, 0.05) is 11.1 Å². The summed E-state index contributed by atoms with van der Waals surface area (Å²) in [6.07, 6.45) is 3.26. The Bertz CT molecular complexity index is 2040. The number of hydrogen-bond acceptors (Lipinski definition) is 11. The molecule has 3 amide bonds. The molecule has 236 valence electrons. The highest BCUT2D eigenvalue weighted by molar-refractivity contribution is 6.07. The van der Waals surface area contributed by atoms with Gasteiger partial charge in [0.25, 0.3) is 5.91 Å². The first-order valence-corrected chi connectivity index (χ1v) is 15.2. The molecule has 1 fully saturated rings. The predicted octanol–water partition coefficient (Wildman–Crippen LogP) is 4.77. The maximum Gasteiger partial charge on any atom is 0.328 e. The zero-order valence-electron chi connectivity index (χ0n) is 25.9. The van der Waals surface area contributed by atoms with E-state index in [9.17, 15) is 9.59 Å². The van der Waals surface area contributed by atoms with Crippen molar-refractivity contribution in [2.45, 2.75) is 52.2 Å². The third kappa shape index (κ3) is 5.43. The molecule has 14 heteroatoms. The molecule has 0 spiro atoms. The smallest absolute Gasteiger partial charge is 0.328 e. The lowest BCUT2D eigenvalue weighted by Gasteiger charge is -2.31. The maximum absolute atomic E-state index is 14.3. The first-order valence-electron chi connectivity index (χ1n) is 15.2. The van der Waals surface area contributed by atoms with Crippen LogP contribution in [0, 0.1) is 0 Å². The van der Waals surface area contributed by atoms with Crippen LogP contribution in [-0.4, -0.2) is 62.2 Å². The first kappa shape index (κ1) is 29.6. The van der Waals surface area contributed by atoms with Gasteiger partial charge in [0.2, 0.25) is 23.4 Å². The monoisotopic (exact) mass is 630 g/mol. The number of rotatable bonds is 10. The van der Waals surface area contributed by atoms with Gasteiger partial charge in [0.1, 0.15) is 25.0 Å². The SMILES string of the molecule is CCc1ccc(-c2noc(CN3C(=O)N(Cc4nc(-c5ccc(CC)cc5)no4)[C@](C)(c4cccc(-n5cnnn5)c4)C3=O)n2)cc1. The molecule has 4 heterocycles. The molecule has 7 rings (SSSR count). The molecule has 1 aliphatic heterocycles. The van der Waals surface area contributed by atoms with Gasteiger partial charge in [0.05, 0.1) is 5.69 Å². The van der Waals surface area contributed by atoms with E-state index in [2.05, 4.69) is 49.7 Å². The standard InChI is InChI=1S/C33H30N10O4/c1-4-21-9-13-23(14-10-21)29-35-27(46-37-29)18-41-31(44)33(3,25-7-6-8-26(17-25)43-20-34-39-40-43)42(32(41)45)19-28-36-30(38-47-28)24-15-11-22(5-2)12-16-24/h6-17,20H,4-5,18-19H2,1-3H3/t33-/m1/s1. The van der Waals surface area contributed by atoms with E-state index < -0.39 is 17.5 Å². The molecule has 0 bridgehead atoms. The summed E-state index contributed by atoms with van der Waals surface area (Å²) in [7, 11) is 0. The molecule has 3 aromatic carbocycles. The molecular weight excluding hydrogens is 600 g/mol. The molecule has 6 aromatic rings. The molecule has 0 saturated carbocycles. The lowest BCUT2D eigenvalue weighted by atomic mass is 9.90. The van der Waals surface area contributed by atoms with Crippen molar-refractivity contribution >= 4 is 11.9 Å². The Kier molecular flexibility index (Phi) is 7.60. The summed E-state index contributed by atoms with van der Waals surface area (Å²) in [6, 6.07) is 22.2. The van der Waals surface area contributed by atoms with Gasteiger partial charge in [0.15, 0.2) is 0 Å². The molecule has 1 atom stereocenters. The van der Waals surface area contributed by atoms with Crippen molar-refractivity contribution < 1.29 is 18.6 Å². The highest BCUT2D eigenvalue weighted by Crippen LogP contribution is 2.40. The van der Waals surface area contributed by atoms with Crippen LogP contribution in [-0.2, 0) is 36.3 Å². The Labute approximate surface area is 269 Å². The van der Waals surface area contributed by atoms with Gasteiger partial charge < -0.3 is 9.05 Å². The molecule has 0 aliphatic carbocycles. The number of carbonyl (C=O) groups is 2. The quantitative estimate of drug-likeness (QED) is 0.192. The van der Waals surface area contributed by atoms with Gasteiger partial charge in [-0.25, -0.2) is 9.48 Å². The van der Waals surface area contributed by atoms with Crippen LogP contribution in [0.1, 0.15) is 49.2 Å². The Morgan fingerprint density at radius 3 is 1.91 bits per heavy atom. The minimum absolute atomic E-state index is 0.114. The fourth-order valence-electron chi connectivity index (χ4n) is 5.60. The largest absolute Gasteiger partial charge is 0.337 e. The van der Waals surface area contributed by atoms with E-state index in [4.69, 9.17) is 9.05 Å². The van der Waals surface area contributed by atoms with Gasteiger partial charge in [-0.1, -0.05) is 84.8 Å². The highest BCUT2D eigenvalue weighted by atomic mass is 16.5. The maximum atomic E-state index is 14.3. The minimum Gasteiger partial charge on any atom is -0.337 e. The Morgan fingerprint density at radius 1 is 0.766 bits per heavy atom. The normalized spacial score (nSPS) is 16.4. The van der Waals surface area contributed by atoms with Gasteiger partial charge in [-0.3, -0.25) is 14.6 Å². The summed E-state index contributed by atoms with van der Waals surface area (Å²) in [5.74, 6) is 0.536. The van der Waals surface area contributed by atoms with Gasteiger partial charge in [-0.05, 0) is 59.0 Å². The molecule has 0 unspecified atom stereocenters. The molecule has 1 aliphatic rings. The second-order valence-corrected chi connectivity index (χ2v) is 11.3. The van der Waals surface area contributed by atoms with Crippen LogP contribution in [0.15, 0.2) is 88.2 Å². The van der Waals surface area contributed by atoms with E-state index in [0.29, 0.717) is 22.9 Å². The van der Waals surface area contributed by atoms with E-state index in [1.165, 1.54) is 27.0 Å². The van der Waals surface area contributed by atoms with E-state index >= 15 is 0 Å². The summed E-state index contributed by atoms with van der Waals surface area (Å²) in [4.78, 5) is 40.0. The van der Waals surface area contributed by atoms with Crippen LogP contribution in [0.25, 0.3) is 28.5 Å². The lowest BCUT2D eigenvalue weighted by Crippen LogP contribution is -2.44.